The zero-order valence-electron chi connectivity index (χ0n) is 11.3. The molecule has 2 aromatic carbocycles. The lowest BCUT2D eigenvalue weighted by Crippen LogP contribution is -2.19. The van der Waals surface area contributed by atoms with Crippen LogP contribution in [0.25, 0.3) is 0 Å². The van der Waals surface area contributed by atoms with Crippen LogP contribution in [0.5, 0.6) is 0 Å². The van der Waals surface area contributed by atoms with Crippen molar-refractivity contribution in [3.05, 3.63) is 75.8 Å². The fourth-order valence-electron chi connectivity index (χ4n) is 1.70. The molecule has 106 valence electrons. The Kier molecular flexibility index (Phi) is 4.40. The summed E-state index contributed by atoms with van der Waals surface area (Å²) in [4.78, 5) is 22.1. The second-order valence-electron chi connectivity index (χ2n) is 4.31. The summed E-state index contributed by atoms with van der Waals surface area (Å²) in [5, 5.41) is 14.7. The lowest BCUT2D eigenvalue weighted by molar-refractivity contribution is -0.384. The van der Waals surface area contributed by atoms with E-state index in [9.17, 15) is 14.9 Å². The number of hydrogen-bond acceptors (Lipinski definition) is 4. The van der Waals surface area contributed by atoms with Crippen molar-refractivity contribution in [1.29, 1.82) is 0 Å². The Morgan fingerprint density at radius 2 is 1.76 bits per heavy atom. The van der Waals surface area contributed by atoms with E-state index in [1.807, 2.05) is 6.07 Å². The van der Waals surface area contributed by atoms with Crippen LogP contribution in [0, 0.1) is 10.1 Å². The Labute approximate surface area is 121 Å². The Bertz CT molecular complexity index is 696. The van der Waals surface area contributed by atoms with Crippen LogP contribution < -0.4 is 5.43 Å². The smallest absolute Gasteiger partial charge is 0.267 e. The summed E-state index contributed by atoms with van der Waals surface area (Å²) in [5.41, 5.74) is 3.97. The Hall–Kier alpha value is -3.02. The Morgan fingerprint density at radius 3 is 2.43 bits per heavy atom. The molecular weight excluding hydrogens is 270 g/mol. The number of rotatable bonds is 4. The number of hydrogen-bond donors (Lipinski definition) is 1. The SMILES string of the molecule is CC(=NNC(=O)c1ccccc1)c1cccc([N+](=O)[O-])c1. The average Bonchev–Trinajstić information content (AvgIpc) is 2.53. The molecule has 6 heteroatoms. The largest absolute Gasteiger partial charge is 0.271 e. The van der Waals surface area contributed by atoms with Gasteiger partial charge in [0.15, 0.2) is 0 Å². The topological polar surface area (TPSA) is 84.6 Å². The number of carbonyl (C=O) groups is 1. The molecular formula is C15H13N3O3. The molecule has 1 amide bonds. The van der Waals surface area contributed by atoms with Crippen LogP contribution in [0.1, 0.15) is 22.8 Å². The maximum atomic E-state index is 11.8. The molecule has 1 N–H and O–H groups in total. The summed E-state index contributed by atoms with van der Waals surface area (Å²) in [6.07, 6.45) is 0. The van der Waals surface area contributed by atoms with Crippen molar-refractivity contribution in [2.45, 2.75) is 6.92 Å². The molecule has 0 saturated heterocycles. The van der Waals surface area contributed by atoms with E-state index in [1.54, 1.807) is 43.3 Å². The fraction of sp³-hybridized carbons (Fsp3) is 0.0667. The Morgan fingerprint density at radius 1 is 1.10 bits per heavy atom. The molecule has 0 aromatic heterocycles. The second kappa shape index (κ2) is 6.42. The molecule has 21 heavy (non-hydrogen) atoms. The number of non-ortho nitro benzene ring substituents is 1. The van der Waals surface area contributed by atoms with Crippen LogP contribution in [0.4, 0.5) is 5.69 Å². The lowest BCUT2D eigenvalue weighted by Gasteiger charge is -2.03. The highest BCUT2D eigenvalue weighted by atomic mass is 16.6. The molecule has 0 saturated carbocycles. The van der Waals surface area contributed by atoms with Gasteiger partial charge < -0.3 is 0 Å². The maximum Gasteiger partial charge on any atom is 0.271 e. The third kappa shape index (κ3) is 3.73. The van der Waals surface area contributed by atoms with Crippen LogP contribution >= 0.6 is 0 Å². The average molecular weight is 283 g/mol. The van der Waals surface area contributed by atoms with Gasteiger partial charge in [0.2, 0.25) is 0 Å². The molecule has 0 atom stereocenters. The number of benzene rings is 2. The zero-order valence-corrected chi connectivity index (χ0v) is 11.3. The van der Waals surface area contributed by atoms with E-state index < -0.39 is 4.92 Å². The summed E-state index contributed by atoms with van der Waals surface area (Å²) in [6.45, 7) is 1.67. The molecule has 0 bridgehead atoms. The van der Waals surface area contributed by atoms with Gasteiger partial charge in [-0.1, -0.05) is 30.3 Å². The highest BCUT2D eigenvalue weighted by Crippen LogP contribution is 2.13. The van der Waals surface area contributed by atoms with E-state index in [2.05, 4.69) is 10.5 Å². The summed E-state index contributed by atoms with van der Waals surface area (Å²) < 4.78 is 0. The van der Waals surface area contributed by atoms with Crippen LogP contribution in [-0.2, 0) is 0 Å². The quantitative estimate of drug-likeness (QED) is 0.532. The van der Waals surface area contributed by atoms with Gasteiger partial charge in [-0.15, -0.1) is 0 Å². The minimum atomic E-state index is -0.473. The van der Waals surface area contributed by atoms with Gasteiger partial charge in [0, 0.05) is 23.3 Å². The molecule has 0 fully saturated rings. The first-order chi connectivity index (χ1) is 10.1. The molecule has 0 aliphatic rings. The van der Waals surface area contributed by atoms with E-state index in [-0.39, 0.29) is 11.6 Å². The zero-order chi connectivity index (χ0) is 15.2. The Balaban J connectivity index is 2.13. The normalized spacial score (nSPS) is 11.0. The van der Waals surface area contributed by atoms with Crippen molar-refractivity contribution in [3.63, 3.8) is 0 Å². The summed E-state index contributed by atoms with van der Waals surface area (Å²) in [6, 6.07) is 14.8. The van der Waals surface area contributed by atoms with Crippen molar-refractivity contribution in [3.8, 4) is 0 Å². The van der Waals surface area contributed by atoms with Gasteiger partial charge in [-0.05, 0) is 19.1 Å². The van der Waals surface area contributed by atoms with E-state index in [1.165, 1.54) is 12.1 Å². The third-order valence-electron chi connectivity index (χ3n) is 2.84. The number of nitrogens with one attached hydrogen (secondary N) is 1. The molecule has 2 rings (SSSR count). The molecule has 0 heterocycles. The molecule has 0 spiro atoms. The van der Waals surface area contributed by atoms with Crippen LogP contribution in [0.3, 0.4) is 0 Å². The number of carbonyl (C=O) groups excluding carboxylic acids is 1. The predicted octanol–water partition coefficient (Wildman–Crippen LogP) is 2.75. The molecule has 6 nitrogen and oxygen atoms in total. The van der Waals surface area contributed by atoms with Gasteiger partial charge in [-0.2, -0.15) is 5.10 Å². The van der Waals surface area contributed by atoms with Gasteiger partial charge >= 0.3 is 0 Å². The fourth-order valence-corrected chi connectivity index (χ4v) is 1.70. The number of nitro benzene ring substituents is 1. The first kappa shape index (κ1) is 14.4. The van der Waals surface area contributed by atoms with Gasteiger partial charge in [0.05, 0.1) is 10.6 Å². The minimum absolute atomic E-state index is 0.0172. The van der Waals surface area contributed by atoms with Crippen LogP contribution in [0.15, 0.2) is 59.7 Å². The molecule has 0 aliphatic carbocycles. The van der Waals surface area contributed by atoms with Crippen molar-refractivity contribution in [2.24, 2.45) is 5.10 Å². The van der Waals surface area contributed by atoms with Crippen molar-refractivity contribution >= 4 is 17.3 Å². The van der Waals surface area contributed by atoms with Crippen LogP contribution in [0.2, 0.25) is 0 Å². The second-order valence-corrected chi connectivity index (χ2v) is 4.31. The minimum Gasteiger partial charge on any atom is -0.267 e. The molecule has 2 aromatic rings. The molecule has 0 aliphatic heterocycles. The summed E-state index contributed by atoms with van der Waals surface area (Å²) in [7, 11) is 0. The van der Waals surface area contributed by atoms with Crippen molar-refractivity contribution < 1.29 is 9.72 Å². The number of nitrogens with zero attached hydrogens (tertiary/aromatic N) is 2. The number of amides is 1. The van der Waals surface area contributed by atoms with Gasteiger partial charge in [-0.25, -0.2) is 5.43 Å². The monoisotopic (exact) mass is 283 g/mol. The third-order valence-corrected chi connectivity index (χ3v) is 2.84. The number of hydrazone groups is 1. The first-order valence-corrected chi connectivity index (χ1v) is 6.22. The lowest BCUT2D eigenvalue weighted by atomic mass is 10.1. The maximum absolute atomic E-state index is 11.8. The van der Waals surface area contributed by atoms with Crippen LogP contribution in [-0.4, -0.2) is 16.5 Å². The highest BCUT2D eigenvalue weighted by molar-refractivity contribution is 6.01. The van der Waals surface area contributed by atoms with Gasteiger partial charge in [0.25, 0.3) is 11.6 Å². The van der Waals surface area contributed by atoms with E-state index in [0.29, 0.717) is 16.8 Å². The number of nitro groups is 1. The predicted molar refractivity (Wildman–Crippen MR) is 79.2 cm³/mol. The first-order valence-electron chi connectivity index (χ1n) is 6.22. The van der Waals surface area contributed by atoms with E-state index in [4.69, 9.17) is 0 Å². The van der Waals surface area contributed by atoms with E-state index >= 15 is 0 Å². The highest BCUT2D eigenvalue weighted by Gasteiger charge is 2.08. The summed E-state index contributed by atoms with van der Waals surface area (Å²) >= 11 is 0. The molecule has 0 unspecified atom stereocenters. The van der Waals surface area contributed by atoms with Crippen molar-refractivity contribution in [1.82, 2.24) is 5.43 Å². The summed E-state index contributed by atoms with van der Waals surface area (Å²) in [5.74, 6) is -0.333. The van der Waals surface area contributed by atoms with Gasteiger partial charge in [-0.3, -0.25) is 14.9 Å². The van der Waals surface area contributed by atoms with E-state index in [0.717, 1.165) is 0 Å². The van der Waals surface area contributed by atoms with Crippen molar-refractivity contribution in [2.75, 3.05) is 0 Å². The van der Waals surface area contributed by atoms with Gasteiger partial charge in [0.1, 0.15) is 0 Å². The standard InChI is InChI=1S/C15H13N3O3/c1-11(13-8-5-9-14(10-13)18(20)21)16-17-15(19)12-6-3-2-4-7-12/h2-10H,1H3,(H,17,19). The molecule has 0 radical (unpaired) electrons.